The highest BCUT2D eigenvalue weighted by molar-refractivity contribution is 6.21. The van der Waals surface area contributed by atoms with Crippen molar-refractivity contribution in [2.75, 3.05) is 0 Å². The lowest BCUT2D eigenvalue weighted by Gasteiger charge is -2.33. The molecule has 3 heteroatoms. The Hall–Kier alpha value is -8.79. The minimum atomic E-state index is -0.574. The van der Waals surface area contributed by atoms with E-state index in [9.17, 15) is 0 Å². The van der Waals surface area contributed by atoms with Gasteiger partial charge in [-0.15, -0.1) is 0 Å². The Morgan fingerprint density at radius 2 is 0.731 bits per heavy atom. The highest BCUT2D eigenvalue weighted by atomic mass is 15.0. The zero-order valence-corrected chi connectivity index (χ0v) is 36.5. The van der Waals surface area contributed by atoms with Gasteiger partial charge in [-0.25, -0.2) is 15.0 Å². The highest BCUT2D eigenvalue weighted by Gasteiger charge is 2.47. The minimum absolute atomic E-state index is 0.574. The fraction of sp³-hybridized carbons (Fsp3) is 0.0156. The molecule has 11 aromatic carbocycles. The van der Waals surface area contributed by atoms with Crippen LogP contribution in [0.2, 0.25) is 0 Å². The Balaban J connectivity index is 1.12. The van der Waals surface area contributed by atoms with Crippen molar-refractivity contribution in [3.05, 3.63) is 271 Å². The summed E-state index contributed by atoms with van der Waals surface area (Å²) >= 11 is 0. The molecule has 13 rings (SSSR count). The van der Waals surface area contributed by atoms with Crippen LogP contribution in [-0.2, 0) is 5.41 Å². The molecule has 1 aromatic heterocycles. The largest absolute Gasteiger partial charge is 0.208 e. The van der Waals surface area contributed by atoms with E-state index in [1.807, 2.05) is 0 Å². The van der Waals surface area contributed by atoms with Crippen LogP contribution in [0.1, 0.15) is 22.3 Å². The molecule has 0 atom stereocenters. The quantitative estimate of drug-likeness (QED) is 0.118. The second-order valence-corrected chi connectivity index (χ2v) is 17.4. The van der Waals surface area contributed by atoms with Crippen LogP contribution in [0.15, 0.2) is 249 Å². The van der Waals surface area contributed by atoms with Crippen LogP contribution in [0.4, 0.5) is 0 Å². The van der Waals surface area contributed by atoms with E-state index in [0.717, 1.165) is 44.5 Å². The first-order chi connectivity index (χ1) is 33.3. The van der Waals surface area contributed by atoms with Gasteiger partial charge in [-0.05, 0) is 94.0 Å². The van der Waals surface area contributed by atoms with Crippen molar-refractivity contribution in [1.82, 2.24) is 15.0 Å². The SMILES string of the molecule is c1ccc(-c2ccccc2-c2nc(-c3ccccc3-c3c4ccccc4cc4c3ccc3ccccc34)nc(-c3cccc4c3-c3ccccc3C4(c3ccccc3)c3ccccc3)n2)cc1. The molecule has 67 heavy (non-hydrogen) atoms. The van der Waals surface area contributed by atoms with Crippen molar-refractivity contribution in [1.29, 1.82) is 0 Å². The van der Waals surface area contributed by atoms with E-state index in [-0.39, 0.29) is 0 Å². The fourth-order valence-electron chi connectivity index (χ4n) is 11.0. The van der Waals surface area contributed by atoms with Gasteiger partial charge in [0.05, 0.1) is 5.41 Å². The highest BCUT2D eigenvalue weighted by Crippen LogP contribution is 2.58. The van der Waals surface area contributed by atoms with Crippen LogP contribution in [0, 0.1) is 0 Å². The van der Waals surface area contributed by atoms with E-state index in [1.165, 1.54) is 60.1 Å². The third-order valence-electron chi connectivity index (χ3n) is 13.8. The van der Waals surface area contributed by atoms with Gasteiger partial charge in [-0.3, -0.25) is 0 Å². The lowest BCUT2D eigenvalue weighted by molar-refractivity contribution is 0.768. The number of aromatic nitrogens is 3. The molecule has 1 aliphatic carbocycles. The third-order valence-corrected chi connectivity index (χ3v) is 13.8. The van der Waals surface area contributed by atoms with E-state index in [0.29, 0.717) is 17.5 Å². The monoisotopic (exact) mass is 851 g/mol. The average Bonchev–Trinajstić information content (AvgIpc) is 3.72. The van der Waals surface area contributed by atoms with Gasteiger partial charge in [0, 0.05) is 16.7 Å². The van der Waals surface area contributed by atoms with Crippen molar-refractivity contribution in [3.8, 4) is 67.5 Å². The second kappa shape index (κ2) is 15.7. The average molecular weight is 852 g/mol. The summed E-state index contributed by atoms with van der Waals surface area (Å²) < 4.78 is 0. The maximum atomic E-state index is 5.62. The van der Waals surface area contributed by atoms with Gasteiger partial charge in [-0.2, -0.15) is 0 Å². The van der Waals surface area contributed by atoms with E-state index in [1.54, 1.807) is 0 Å². The molecular weight excluding hydrogens is 811 g/mol. The number of fused-ring (bicyclic) bond motifs is 7. The minimum Gasteiger partial charge on any atom is -0.208 e. The third kappa shape index (κ3) is 6.09. The van der Waals surface area contributed by atoms with Crippen LogP contribution in [-0.4, -0.2) is 15.0 Å². The fourth-order valence-corrected chi connectivity index (χ4v) is 11.0. The van der Waals surface area contributed by atoms with Gasteiger partial charge in [0.15, 0.2) is 17.5 Å². The van der Waals surface area contributed by atoms with E-state index < -0.39 is 5.41 Å². The lowest BCUT2D eigenvalue weighted by Crippen LogP contribution is -2.28. The summed E-state index contributed by atoms with van der Waals surface area (Å²) in [5.41, 5.74) is 13.8. The molecule has 1 heterocycles. The Morgan fingerprint density at radius 1 is 0.254 bits per heavy atom. The van der Waals surface area contributed by atoms with Gasteiger partial charge in [0.2, 0.25) is 0 Å². The predicted molar refractivity (Wildman–Crippen MR) is 277 cm³/mol. The van der Waals surface area contributed by atoms with Gasteiger partial charge in [0.1, 0.15) is 0 Å². The summed E-state index contributed by atoms with van der Waals surface area (Å²) in [4.78, 5) is 16.7. The Bertz CT molecular complexity index is 3820. The maximum Gasteiger partial charge on any atom is 0.164 e. The molecule has 312 valence electrons. The molecule has 0 N–H and O–H groups in total. The standard InChI is InChI=1S/C64H41N3/c1-4-21-42(22-5-1)47-29-14-16-33-52(47)61-65-62(53-34-17-15-32-50(53)59-49-31-13-11-24-44(49)41-56-48-30-12-10-23-43(48)39-40-51(56)59)67-63(66-61)55-36-20-38-58-60(55)54-35-18-19-37-57(54)64(58,45-25-6-2-7-26-45)46-27-8-3-9-28-46/h1-41H. The van der Waals surface area contributed by atoms with Crippen LogP contribution in [0.5, 0.6) is 0 Å². The number of benzene rings is 11. The summed E-state index contributed by atoms with van der Waals surface area (Å²) in [6.45, 7) is 0. The molecule has 0 unspecified atom stereocenters. The van der Waals surface area contributed by atoms with Crippen molar-refractivity contribution >= 4 is 32.3 Å². The van der Waals surface area contributed by atoms with Crippen molar-refractivity contribution in [2.24, 2.45) is 0 Å². The molecule has 0 fully saturated rings. The van der Waals surface area contributed by atoms with Crippen LogP contribution in [0.25, 0.3) is 99.9 Å². The van der Waals surface area contributed by atoms with Gasteiger partial charge >= 0.3 is 0 Å². The molecule has 0 saturated heterocycles. The summed E-state index contributed by atoms with van der Waals surface area (Å²) in [7, 11) is 0. The Labute approximate surface area is 389 Å². The zero-order valence-electron chi connectivity index (χ0n) is 36.5. The Kier molecular flexibility index (Phi) is 9.07. The van der Waals surface area contributed by atoms with E-state index in [2.05, 4.69) is 249 Å². The first-order valence-electron chi connectivity index (χ1n) is 22.9. The molecule has 0 radical (unpaired) electrons. The van der Waals surface area contributed by atoms with Crippen molar-refractivity contribution in [2.45, 2.75) is 5.41 Å². The van der Waals surface area contributed by atoms with E-state index >= 15 is 0 Å². The smallest absolute Gasteiger partial charge is 0.164 e. The number of nitrogens with zero attached hydrogens (tertiary/aromatic N) is 3. The molecule has 0 bridgehead atoms. The molecule has 0 saturated carbocycles. The number of hydrogen-bond acceptors (Lipinski definition) is 3. The Morgan fingerprint density at radius 3 is 1.42 bits per heavy atom. The number of hydrogen-bond donors (Lipinski definition) is 0. The second-order valence-electron chi connectivity index (χ2n) is 17.4. The molecule has 1 aliphatic rings. The summed E-state index contributed by atoms with van der Waals surface area (Å²) in [6.07, 6.45) is 0. The van der Waals surface area contributed by atoms with Crippen LogP contribution >= 0.6 is 0 Å². The molecule has 0 aliphatic heterocycles. The van der Waals surface area contributed by atoms with Crippen molar-refractivity contribution in [3.63, 3.8) is 0 Å². The van der Waals surface area contributed by atoms with Gasteiger partial charge in [-0.1, -0.05) is 243 Å². The first-order valence-corrected chi connectivity index (χ1v) is 22.9. The van der Waals surface area contributed by atoms with Crippen molar-refractivity contribution < 1.29 is 0 Å². The maximum absolute atomic E-state index is 5.62. The summed E-state index contributed by atoms with van der Waals surface area (Å²) in [5, 5.41) is 7.21. The molecule has 0 spiro atoms. The molecular formula is C64H41N3. The van der Waals surface area contributed by atoms with Gasteiger partial charge in [0.25, 0.3) is 0 Å². The normalized spacial score (nSPS) is 12.6. The molecule has 3 nitrogen and oxygen atoms in total. The molecule has 0 amide bonds. The van der Waals surface area contributed by atoms with Crippen LogP contribution < -0.4 is 0 Å². The topological polar surface area (TPSA) is 38.7 Å². The van der Waals surface area contributed by atoms with Gasteiger partial charge < -0.3 is 0 Å². The molecule has 12 aromatic rings. The summed E-state index contributed by atoms with van der Waals surface area (Å²) in [5.74, 6) is 1.85. The number of rotatable bonds is 7. The summed E-state index contributed by atoms with van der Waals surface area (Å²) in [6, 6.07) is 89.4. The van der Waals surface area contributed by atoms with E-state index in [4.69, 9.17) is 15.0 Å². The van der Waals surface area contributed by atoms with Crippen LogP contribution in [0.3, 0.4) is 0 Å². The zero-order chi connectivity index (χ0) is 44.3. The predicted octanol–water partition coefficient (Wildman–Crippen LogP) is 16.0. The lowest BCUT2D eigenvalue weighted by atomic mass is 9.67. The first kappa shape index (κ1) is 38.6.